The molecule has 1 aromatic heterocycles. The van der Waals surface area contributed by atoms with Crippen molar-refractivity contribution in [3.05, 3.63) is 76.5 Å². The van der Waals surface area contributed by atoms with Gasteiger partial charge in [-0.05, 0) is 41.8 Å². The molecule has 10 heteroatoms. The van der Waals surface area contributed by atoms with Gasteiger partial charge in [-0.1, -0.05) is 62.7 Å². The summed E-state index contributed by atoms with van der Waals surface area (Å²) in [5, 5.41) is 16.3. The Morgan fingerprint density at radius 3 is 2.81 bits per heavy atom. The van der Waals surface area contributed by atoms with Gasteiger partial charge in [-0.25, -0.2) is 9.98 Å². The molecule has 8 nitrogen and oxygen atoms in total. The van der Waals surface area contributed by atoms with Crippen molar-refractivity contribution >= 4 is 62.3 Å². The lowest BCUT2D eigenvalue weighted by Gasteiger charge is -2.18. The number of amidine groups is 1. The number of amides is 1. The Balaban J connectivity index is 1.61. The quantitative estimate of drug-likeness (QED) is 0.233. The molecule has 4 rings (SSSR count). The highest BCUT2D eigenvalue weighted by Gasteiger charge is 2.31. The first-order valence-electron chi connectivity index (χ1n) is 9.15. The number of aromatic nitrogens is 2. The second kappa shape index (κ2) is 9.27. The third kappa shape index (κ3) is 5.09. The van der Waals surface area contributed by atoms with E-state index >= 15 is 0 Å². The van der Waals surface area contributed by atoms with E-state index in [0.717, 1.165) is 21.8 Å². The molecule has 0 radical (unpaired) electrons. The lowest BCUT2D eigenvalue weighted by atomic mass is 10.2. The molecule has 0 atom stereocenters. The molecular weight excluding hydrogens is 482 g/mol. The molecule has 3 aromatic rings. The smallest absolute Gasteiger partial charge is 0.320 e. The van der Waals surface area contributed by atoms with Crippen LogP contribution in [0.15, 0.2) is 85.5 Å². The molecule has 0 bridgehead atoms. The third-order valence-electron chi connectivity index (χ3n) is 4.12. The van der Waals surface area contributed by atoms with Crippen molar-refractivity contribution in [2.24, 2.45) is 17.0 Å². The summed E-state index contributed by atoms with van der Waals surface area (Å²) < 4.78 is 7.23. The molecule has 2 aromatic carbocycles. The van der Waals surface area contributed by atoms with Crippen molar-refractivity contribution in [1.82, 2.24) is 5.27 Å². The molecule has 0 unspecified atom stereocenters. The van der Waals surface area contributed by atoms with Crippen molar-refractivity contribution in [3.8, 4) is 0 Å². The number of hydrogen-bond donors (Lipinski definition) is 0. The van der Waals surface area contributed by atoms with E-state index in [1.54, 1.807) is 13.1 Å². The number of aryl methyl sites for hydroxylation is 1. The number of rotatable bonds is 5. The van der Waals surface area contributed by atoms with Crippen molar-refractivity contribution < 1.29 is 19.1 Å². The molecule has 0 saturated carbocycles. The Morgan fingerprint density at radius 1 is 1.29 bits per heavy atom. The molecule has 0 N–H and O–H groups in total. The molecule has 0 aliphatic carbocycles. The largest absolute Gasteiger partial charge is 0.861 e. The molecule has 2 heterocycles. The highest BCUT2D eigenvalue weighted by molar-refractivity contribution is 9.10. The van der Waals surface area contributed by atoms with Gasteiger partial charge in [0.2, 0.25) is 0 Å². The molecular formula is C21H16BrN5O3S. The summed E-state index contributed by atoms with van der Waals surface area (Å²) in [5.41, 5.74) is 1.80. The number of aliphatic imine (C=N–C) groups is 2. The number of benzene rings is 2. The van der Waals surface area contributed by atoms with Crippen LogP contribution in [0, 0.1) is 0 Å². The number of para-hydroxylation sites is 1. The molecule has 31 heavy (non-hydrogen) atoms. The molecule has 1 aliphatic heterocycles. The van der Waals surface area contributed by atoms with E-state index in [1.807, 2.05) is 54.6 Å². The Hall–Kier alpha value is -3.24. The van der Waals surface area contributed by atoms with Crippen molar-refractivity contribution in [2.75, 3.05) is 10.7 Å². The maximum atomic E-state index is 13.1. The Labute approximate surface area is 190 Å². The van der Waals surface area contributed by atoms with Gasteiger partial charge in [-0.3, -0.25) is 14.2 Å². The van der Waals surface area contributed by atoms with Gasteiger partial charge >= 0.3 is 5.88 Å². The fourth-order valence-electron chi connectivity index (χ4n) is 2.80. The first-order chi connectivity index (χ1) is 15.0. The number of hydrogen-bond acceptors (Lipinski definition) is 7. The van der Waals surface area contributed by atoms with Gasteiger partial charge in [0.05, 0.1) is 5.69 Å². The minimum atomic E-state index is -0.422. The van der Waals surface area contributed by atoms with Crippen LogP contribution in [0.3, 0.4) is 0 Å². The van der Waals surface area contributed by atoms with Gasteiger partial charge in [0.1, 0.15) is 5.70 Å². The summed E-state index contributed by atoms with van der Waals surface area (Å²) in [6.07, 6.45) is 3.21. The summed E-state index contributed by atoms with van der Waals surface area (Å²) in [5.74, 6) is -0.577. The van der Waals surface area contributed by atoms with Crippen molar-refractivity contribution in [2.45, 2.75) is 0 Å². The van der Waals surface area contributed by atoms with E-state index in [4.69, 9.17) is 4.52 Å². The van der Waals surface area contributed by atoms with E-state index in [9.17, 15) is 9.90 Å². The van der Waals surface area contributed by atoms with Crippen molar-refractivity contribution in [3.63, 3.8) is 0 Å². The zero-order chi connectivity index (χ0) is 21.8. The number of carbonyl (C=O) groups is 1. The van der Waals surface area contributed by atoms with Crippen LogP contribution in [-0.4, -0.2) is 28.0 Å². The van der Waals surface area contributed by atoms with Crippen LogP contribution < -0.4 is 14.7 Å². The normalized spacial score (nSPS) is 15.6. The Bertz CT molecular complexity index is 1210. The predicted molar refractivity (Wildman–Crippen MR) is 121 cm³/mol. The molecule has 0 spiro atoms. The Kier molecular flexibility index (Phi) is 6.28. The monoisotopic (exact) mass is 497 g/mol. The first-order valence-corrected chi connectivity index (χ1v) is 10.9. The highest BCUT2D eigenvalue weighted by Crippen LogP contribution is 2.29. The maximum Gasteiger partial charge on any atom is 0.320 e. The van der Waals surface area contributed by atoms with Crippen molar-refractivity contribution in [1.29, 1.82) is 0 Å². The number of anilines is 1. The topological polar surface area (TPSA) is 98.0 Å². The van der Waals surface area contributed by atoms with Crippen LogP contribution in [0.1, 0.15) is 5.56 Å². The van der Waals surface area contributed by atoms with Gasteiger partial charge < -0.3 is 5.11 Å². The number of halogens is 1. The molecule has 1 amide bonds. The zero-order valence-corrected chi connectivity index (χ0v) is 18.7. The SMILES string of the molecule is C[n+]1cc(/N=C(\[O-])CSC2=N/C(=C/c3cccc(Br)c3)C(=O)N2c2ccccc2)on1. The molecule has 0 saturated heterocycles. The van der Waals surface area contributed by atoms with E-state index in [-0.39, 0.29) is 23.2 Å². The molecule has 1 aliphatic rings. The third-order valence-corrected chi connectivity index (χ3v) is 5.53. The van der Waals surface area contributed by atoms with Crippen LogP contribution in [0.4, 0.5) is 11.6 Å². The minimum Gasteiger partial charge on any atom is -0.861 e. The summed E-state index contributed by atoms with van der Waals surface area (Å²) in [7, 11) is 1.66. The van der Waals surface area contributed by atoms with Crippen LogP contribution in [-0.2, 0) is 11.8 Å². The van der Waals surface area contributed by atoms with Gasteiger partial charge in [0, 0.05) is 10.2 Å². The minimum absolute atomic E-state index is 0.00989. The van der Waals surface area contributed by atoms with Gasteiger partial charge in [-0.15, -0.1) is 0 Å². The fourth-order valence-corrected chi connectivity index (χ4v) is 4.01. The fraction of sp³-hybridized carbons (Fsp3) is 0.0952. The number of nitrogens with zero attached hydrogens (tertiary/aromatic N) is 5. The summed E-state index contributed by atoms with van der Waals surface area (Å²) in [6.45, 7) is 0. The Morgan fingerprint density at radius 2 is 2.10 bits per heavy atom. The summed E-state index contributed by atoms with van der Waals surface area (Å²) in [4.78, 5) is 23.0. The van der Waals surface area contributed by atoms with Gasteiger partial charge in [0.15, 0.2) is 17.5 Å². The van der Waals surface area contributed by atoms with Crippen LogP contribution >= 0.6 is 27.7 Å². The second-order valence-electron chi connectivity index (χ2n) is 6.46. The van der Waals surface area contributed by atoms with Crippen LogP contribution in [0.5, 0.6) is 0 Å². The predicted octanol–water partition coefficient (Wildman–Crippen LogP) is 2.83. The van der Waals surface area contributed by atoms with E-state index < -0.39 is 5.90 Å². The summed E-state index contributed by atoms with van der Waals surface area (Å²) in [6, 6.07) is 16.7. The standard InChI is InChI=1S/C21H16BrN5O3S/c1-26-12-19(30-25-26)24-18(28)13-31-21-23-17(11-14-6-5-7-15(22)10-14)20(29)27(21)16-8-3-2-4-9-16/h2-12H,13H2,1H3/b17-11+. The van der Waals surface area contributed by atoms with Crippen LogP contribution in [0.25, 0.3) is 6.08 Å². The molecule has 156 valence electrons. The van der Waals surface area contributed by atoms with E-state index in [2.05, 4.69) is 31.2 Å². The highest BCUT2D eigenvalue weighted by atomic mass is 79.9. The maximum absolute atomic E-state index is 13.1. The number of thioether (sulfide) groups is 1. The van der Waals surface area contributed by atoms with Crippen LogP contribution in [0.2, 0.25) is 0 Å². The van der Waals surface area contributed by atoms with Gasteiger partial charge in [-0.2, -0.15) is 0 Å². The lowest BCUT2D eigenvalue weighted by Crippen LogP contribution is -2.31. The van der Waals surface area contributed by atoms with E-state index in [1.165, 1.54) is 15.8 Å². The average molecular weight is 498 g/mol. The first kappa shape index (κ1) is 21.0. The second-order valence-corrected chi connectivity index (χ2v) is 8.32. The van der Waals surface area contributed by atoms with Gasteiger partial charge in [0.25, 0.3) is 12.1 Å². The average Bonchev–Trinajstić information content (AvgIpc) is 3.29. The van der Waals surface area contributed by atoms with E-state index in [0.29, 0.717) is 10.9 Å². The lowest BCUT2D eigenvalue weighted by molar-refractivity contribution is -0.739. The molecule has 0 fully saturated rings. The summed E-state index contributed by atoms with van der Waals surface area (Å²) >= 11 is 4.57. The zero-order valence-electron chi connectivity index (χ0n) is 16.3. The number of carbonyl (C=O) groups excluding carboxylic acids is 1.